The van der Waals surface area contributed by atoms with E-state index >= 15 is 0 Å². The van der Waals surface area contributed by atoms with E-state index in [2.05, 4.69) is 4.98 Å². The molecule has 1 aromatic heterocycles. The van der Waals surface area contributed by atoms with Crippen LogP contribution in [0.1, 0.15) is 30.7 Å². The van der Waals surface area contributed by atoms with E-state index in [0.29, 0.717) is 18.7 Å². The fourth-order valence-electron chi connectivity index (χ4n) is 2.01. The molecule has 2 rings (SSSR count). The number of rotatable bonds is 4. The Morgan fingerprint density at radius 3 is 2.30 bits per heavy atom. The second-order valence-corrected chi connectivity index (χ2v) is 5.57. The number of aromatic nitrogens is 1. The van der Waals surface area contributed by atoms with Crippen molar-refractivity contribution < 1.29 is 8.78 Å². The molecule has 0 spiro atoms. The van der Waals surface area contributed by atoms with Crippen molar-refractivity contribution in [3.05, 3.63) is 65.0 Å². The number of pyridine rings is 1. The van der Waals surface area contributed by atoms with Gasteiger partial charge >= 0.3 is 0 Å². The minimum atomic E-state index is -0.488. The molecule has 1 aromatic carbocycles. The summed E-state index contributed by atoms with van der Waals surface area (Å²) in [7, 11) is 0. The maximum Gasteiger partial charge on any atom is 0.145 e. The minimum absolute atomic E-state index is 0.280. The largest absolute Gasteiger partial charge is 0.330 e. The van der Waals surface area contributed by atoms with Gasteiger partial charge in [0.1, 0.15) is 11.6 Å². The number of halogens is 2. The molecule has 0 bridgehead atoms. The zero-order valence-corrected chi connectivity index (χ0v) is 11.7. The molecule has 0 saturated carbocycles. The fraction of sp³-hybridized carbons (Fsp3) is 0.312. The van der Waals surface area contributed by atoms with Crippen LogP contribution in [0, 0.1) is 11.6 Å². The standard InChI is InChI=1S/C16H18F2N2/c1-16(2,10-19)15-14(18)8-12(9-20-15)7-11-3-5-13(17)6-4-11/h3-6,8-9H,7,10,19H2,1-2H3. The first kappa shape index (κ1) is 14.6. The van der Waals surface area contributed by atoms with Crippen molar-refractivity contribution in [2.45, 2.75) is 25.7 Å². The first-order chi connectivity index (χ1) is 9.42. The summed E-state index contributed by atoms with van der Waals surface area (Å²) >= 11 is 0. The SMILES string of the molecule is CC(C)(CN)c1ncc(Cc2ccc(F)cc2)cc1F. The highest BCUT2D eigenvalue weighted by molar-refractivity contribution is 5.28. The number of nitrogens with two attached hydrogens (primary N) is 1. The van der Waals surface area contributed by atoms with Gasteiger partial charge in [0.2, 0.25) is 0 Å². The lowest BCUT2D eigenvalue weighted by molar-refractivity contribution is 0.473. The quantitative estimate of drug-likeness (QED) is 0.931. The highest BCUT2D eigenvalue weighted by Gasteiger charge is 2.24. The van der Waals surface area contributed by atoms with E-state index < -0.39 is 5.41 Å². The Labute approximate surface area is 117 Å². The van der Waals surface area contributed by atoms with Crippen LogP contribution in [0.4, 0.5) is 8.78 Å². The zero-order chi connectivity index (χ0) is 14.8. The van der Waals surface area contributed by atoms with Gasteiger partial charge in [-0.1, -0.05) is 26.0 Å². The Kier molecular flexibility index (Phi) is 4.14. The van der Waals surface area contributed by atoms with Crippen molar-refractivity contribution in [2.75, 3.05) is 6.54 Å². The molecule has 0 atom stereocenters. The summed E-state index contributed by atoms with van der Waals surface area (Å²) in [6, 6.07) is 7.63. The topological polar surface area (TPSA) is 38.9 Å². The van der Waals surface area contributed by atoms with Crippen molar-refractivity contribution in [1.29, 1.82) is 0 Å². The monoisotopic (exact) mass is 276 g/mol. The molecule has 0 unspecified atom stereocenters. The highest BCUT2D eigenvalue weighted by Crippen LogP contribution is 2.23. The summed E-state index contributed by atoms with van der Waals surface area (Å²) in [5.41, 5.74) is 7.20. The summed E-state index contributed by atoms with van der Waals surface area (Å²) in [6.45, 7) is 4.05. The molecule has 0 saturated heterocycles. The zero-order valence-electron chi connectivity index (χ0n) is 11.7. The Bertz CT molecular complexity index is 592. The Morgan fingerprint density at radius 2 is 1.75 bits per heavy atom. The van der Waals surface area contributed by atoms with Crippen molar-refractivity contribution in [1.82, 2.24) is 4.98 Å². The van der Waals surface area contributed by atoms with Crippen LogP contribution in [0.2, 0.25) is 0 Å². The fourth-order valence-corrected chi connectivity index (χ4v) is 2.01. The molecule has 106 valence electrons. The lowest BCUT2D eigenvalue weighted by Crippen LogP contribution is -2.30. The van der Waals surface area contributed by atoms with Crippen molar-refractivity contribution in [3.8, 4) is 0 Å². The van der Waals surface area contributed by atoms with Crippen LogP contribution >= 0.6 is 0 Å². The third-order valence-corrected chi connectivity index (χ3v) is 3.37. The van der Waals surface area contributed by atoms with Gasteiger partial charge in [-0.25, -0.2) is 8.78 Å². The summed E-state index contributed by atoms with van der Waals surface area (Å²) in [5.74, 6) is -0.627. The molecule has 0 radical (unpaired) electrons. The van der Waals surface area contributed by atoms with Crippen LogP contribution in [0.25, 0.3) is 0 Å². The minimum Gasteiger partial charge on any atom is -0.330 e. The maximum absolute atomic E-state index is 14.1. The average Bonchev–Trinajstić information content (AvgIpc) is 2.41. The van der Waals surface area contributed by atoms with Gasteiger partial charge in [-0.2, -0.15) is 0 Å². The molecule has 0 fully saturated rings. The van der Waals surface area contributed by atoms with Crippen LogP contribution < -0.4 is 5.73 Å². The van der Waals surface area contributed by atoms with Gasteiger partial charge in [0.25, 0.3) is 0 Å². The van der Waals surface area contributed by atoms with E-state index in [4.69, 9.17) is 5.73 Å². The second kappa shape index (κ2) is 5.67. The normalized spacial score (nSPS) is 11.7. The Hall–Kier alpha value is -1.81. The molecule has 2 N–H and O–H groups in total. The smallest absolute Gasteiger partial charge is 0.145 e. The molecule has 4 heteroatoms. The third kappa shape index (κ3) is 3.20. The highest BCUT2D eigenvalue weighted by atomic mass is 19.1. The molecule has 0 amide bonds. The molecular weight excluding hydrogens is 258 g/mol. The van der Waals surface area contributed by atoms with Crippen molar-refractivity contribution in [2.24, 2.45) is 5.73 Å². The van der Waals surface area contributed by atoms with Gasteiger partial charge < -0.3 is 5.73 Å². The molecule has 0 aliphatic carbocycles. The maximum atomic E-state index is 14.1. The predicted molar refractivity (Wildman–Crippen MR) is 75.5 cm³/mol. The predicted octanol–water partition coefficient (Wildman–Crippen LogP) is 3.19. The number of benzene rings is 1. The number of hydrogen-bond donors (Lipinski definition) is 1. The van der Waals surface area contributed by atoms with Crippen molar-refractivity contribution in [3.63, 3.8) is 0 Å². The molecule has 0 aliphatic rings. The lowest BCUT2D eigenvalue weighted by Gasteiger charge is -2.22. The van der Waals surface area contributed by atoms with Gasteiger partial charge in [0.15, 0.2) is 0 Å². The number of hydrogen-bond acceptors (Lipinski definition) is 2. The molecule has 1 heterocycles. The molecule has 2 aromatic rings. The Morgan fingerprint density at radius 1 is 1.10 bits per heavy atom. The summed E-state index contributed by atoms with van der Waals surface area (Å²) < 4.78 is 27.0. The van der Waals surface area contributed by atoms with E-state index in [-0.39, 0.29) is 11.6 Å². The molecule has 20 heavy (non-hydrogen) atoms. The molecular formula is C16H18F2N2. The molecule has 2 nitrogen and oxygen atoms in total. The number of nitrogens with zero attached hydrogens (tertiary/aromatic N) is 1. The Balaban J connectivity index is 2.23. The van der Waals surface area contributed by atoms with Crippen molar-refractivity contribution >= 4 is 0 Å². The summed E-state index contributed by atoms with van der Waals surface area (Å²) in [6.07, 6.45) is 2.17. The van der Waals surface area contributed by atoms with Crippen LogP contribution in [-0.4, -0.2) is 11.5 Å². The van der Waals surface area contributed by atoms with Crippen LogP contribution in [0.15, 0.2) is 36.5 Å². The van der Waals surface area contributed by atoms with Gasteiger partial charge in [-0.3, -0.25) is 4.98 Å². The van der Waals surface area contributed by atoms with Gasteiger partial charge in [-0.15, -0.1) is 0 Å². The van der Waals surface area contributed by atoms with Gasteiger partial charge in [-0.05, 0) is 35.7 Å². The van der Waals surface area contributed by atoms with Crippen LogP contribution in [-0.2, 0) is 11.8 Å². The van der Waals surface area contributed by atoms with E-state index in [1.807, 2.05) is 13.8 Å². The summed E-state index contributed by atoms with van der Waals surface area (Å²) in [5, 5.41) is 0. The second-order valence-electron chi connectivity index (χ2n) is 5.57. The van der Waals surface area contributed by atoms with E-state index in [1.54, 1.807) is 18.3 Å². The summed E-state index contributed by atoms with van der Waals surface area (Å²) in [4.78, 5) is 4.21. The molecule has 0 aliphatic heterocycles. The first-order valence-corrected chi connectivity index (χ1v) is 6.52. The van der Waals surface area contributed by atoms with Crippen LogP contribution in [0.3, 0.4) is 0 Å². The van der Waals surface area contributed by atoms with E-state index in [0.717, 1.165) is 11.1 Å². The average molecular weight is 276 g/mol. The third-order valence-electron chi connectivity index (χ3n) is 3.37. The van der Waals surface area contributed by atoms with Gasteiger partial charge in [0.05, 0.1) is 5.69 Å². The van der Waals surface area contributed by atoms with Gasteiger partial charge in [0, 0.05) is 18.2 Å². The van der Waals surface area contributed by atoms with E-state index in [1.165, 1.54) is 18.2 Å². The van der Waals surface area contributed by atoms with E-state index in [9.17, 15) is 8.78 Å². The first-order valence-electron chi connectivity index (χ1n) is 6.52. The van der Waals surface area contributed by atoms with Crippen LogP contribution in [0.5, 0.6) is 0 Å². The lowest BCUT2D eigenvalue weighted by atomic mass is 9.88.